The summed E-state index contributed by atoms with van der Waals surface area (Å²) in [6.45, 7) is 5.87. The SMILES string of the molecule is CCC(C)(C)C(=O)OCCCC(=O)Oc1ccc(-c2ccccc2)cc1. The van der Waals surface area contributed by atoms with Crippen molar-refractivity contribution >= 4 is 11.9 Å². The Morgan fingerprint density at radius 1 is 0.923 bits per heavy atom. The van der Waals surface area contributed by atoms with Crippen LogP contribution in [-0.2, 0) is 14.3 Å². The smallest absolute Gasteiger partial charge is 0.311 e. The van der Waals surface area contributed by atoms with Crippen LogP contribution in [0.5, 0.6) is 5.75 Å². The maximum atomic E-state index is 11.9. The fourth-order valence-electron chi connectivity index (χ4n) is 2.25. The van der Waals surface area contributed by atoms with Gasteiger partial charge in [-0.1, -0.05) is 49.4 Å². The van der Waals surface area contributed by atoms with Crippen molar-refractivity contribution in [1.29, 1.82) is 0 Å². The van der Waals surface area contributed by atoms with Crippen LogP contribution in [0.15, 0.2) is 54.6 Å². The molecular formula is C22H26O4. The van der Waals surface area contributed by atoms with Crippen LogP contribution in [-0.4, -0.2) is 18.5 Å². The Kier molecular flexibility index (Phi) is 6.96. The minimum absolute atomic E-state index is 0.209. The second-order valence-corrected chi connectivity index (χ2v) is 6.84. The molecule has 4 heteroatoms. The standard InChI is InChI=1S/C22H26O4/c1-4-22(2,3)21(24)25-16-8-11-20(23)26-19-14-12-18(13-15-19)17-9-6-5-7-10-17/h5-7,9-10,12-15H,4,8,11,16H2,1-3H3. The number of benzene rings is 2. The molecule has 0 amide bonds. The number of hydrogen-bond acceptors (Lipinski definition) is 4. The molecule has 0 aliphatic heterocycles. The molecule has 0 unspecified atom stereocenters. The Hall–Kier alpha value is -2.62. The van der Waals surface area contributed by atoms with Crippen LogP contribution in [0.2, 0.25) is 0 Å². The molecule has 4 nitrogen and oxygen atoms in total. The van der Waals surface area contributed by atoms with E-state index in [1.165, 1.54) is 0 Å². The number of carbonyl (C=O) groups is 2. The van der Waals surface area contributed by atoms with E-state index in [9.17, 15) is 9.59 Å². The minimum Gasteiger partial charge on any atom is -0.465 e. The molecule has 138 valence electrons. The van der Waals surface area contributed by atoms with Crippen LogP contribution in [0.1, 0.15) is 40.0 Å². The number of ether oxygens (including phenoxy) is 2. The largest absolute Gasteiger partial charge is 0.465 e. The zero-order valence-electron chi connectivity index (χ0n) is 15.7. The van der Waals surface area contributed by atoms with Gasteiger partial charge in [0.1, 0.15) is 5.75 Å². The Morgan fingerprint density at radius 2 is 1.54 bits per heavy atom. The third-order valence-electron chi connectivity index (χ3n) is 4.39. The monoisotopic (exact) mass is 354 g/mol. The highest BCUT2D eigenvalue weighted by molar-refractivity contribution is 5.76. The van der Waals surface area contributed by atoms with Crippen LogP contribution in [0.4, 0.5) is 0 Å². The number of carbonyl (C=O) groups excluding carboxylic acids is 2. The first-order chi connectivity index (χ1) is 12.4. The topological polar surface area (TPSA) is 52.6 Å². The van der Waals surface area contributed by atoms with Crippen LogP contribution in [0.3, 0.4) is 0 Å². The van der Waals surface area contributed by atoms with Crippen LogP contribution in [0.25, 0.3) is 11.1 Å². The molecule has 0 aliphatic rings. The molecule has 0 N–H and O–H groups in total. The number of esters is 2. The second-order valence-electron chi connectivity index (χ2n) is 6.84. The molecule has 0 radical (unpaired) electrons. The van der Waals surface area contributed by atoms with Gasteiger partial charge in [-0.25, -0.2) is 0 Å². The van der Waals surface area contributed by atoms with E-state index in [4.69, 9.17) is 9.47 Å². The Bertz CT molecular complexity index is 718. The summed E-state index contributed by atoms with van der Waals surface area (Å²) in [4.78, 5) is 23.7. The van der Waals surface area contributed by atoms with Crippen LogP contribution in [0, 0.1) is 5.41 Å². The van der Waals surface area contributed by atoms with Gasteiger partial charge in [-0.15, -0.1) is 0 Å². The molecule has 0 saturated carbocycles. The van der Waals surface area contributed by atoms with E-state index in [1.54, 1.807) is 12.1 Å². The van der Waals surface area contributed by atoms with E-state index < -0.39 is 5.41 Å². The number of rotatable bonds is 8. The van der Waals surface area contributed by atoms with Crippen molar-refractivity contribution in [2.45, 2.75) is 40.0 Å². The van der Waals surface area contributed by atoms with E-state index in [1.807, 2.05) is 63.2 Å². The average Bonchev–Trinajstić information content (AvgIpc) is 2.66. The zero-order chi connectivity index (χ0) is 19.0. The molecule has 2 aromatic rings. The van der Waals surface area contributed by atoms with Gasteiger partial charge in [-0.2, -0.15) is 0 Å². The second kappa shape index (κ2) is 9.18. The van der Waals surface area contributed by atoms with E-state index in [-0.39, 0.29) is 25.0 Å². The first-order valence-corrected chi connectivity index (χ1v) is 8.96. The van der Waals surface area contributed by atoms with Gasteiger partial charge in [0.25, 0.3) is 0 Å². The van der Waals surface area contributed by atoms with E-state index >= 15 is 0 Å². The summed E-state index contributed by atoms with van der Waals surface area (Å²) in [6, 6.07) is 17.4. The molecule has 2 aromatic carbocycles. The summed E-state index contributed by atoms with van der Waals surface area (Å²) in [5.74, 6) is -0.0491. The van der Waals surface area contributed by atoms with Crippen LogP contribution >= 0.6 is 0 Å². The van der Waals surface area contributed by atoms with Crippen molar-refractivity contribution in [3.05, 3.63) is 54.6 Å². The highest BCUT2D eigenvalue weighted by Crippen LogP contribution is 2.23. The predicted octanol–water partition coefficient (Wildman–Crippen LogP) is 5.02. The third-order valence-corrected chi connectivity index (χ3v) is 4.39. The summed E-state index contributed by atoms with van der Waals surface area (Å²) < 4.78 is 10.5. The van der Waals surface area contributed by atoms with Crippen LogP contribution < -0.4 is 4.74 Å². The summed E-state index contributed by atoms with van der Waals surface area (Å²) in [6.07, 6.45) is 1.37. The van der Waals surface area contributed by atoms with E-state index in [2.05, 4.69) is 0 Å². The van der Waals surface area contributed by atoms with Gasteiger partial charge in [-0.05, 0) is 49.9 Å². The van der Waals surface area contributed by atoms with Crippen molar-refractivity contribution < 1.29 is 19.1 Å². The fraction of sp³-hybridized carbons (Fsp3) is 0.364. The molecule has 0 heterocycles. The van der Waals surface area contributed by atoms with E-state index in [0.29, 0.717) is 18.6 Å². The van der Waals surface area contributed by atoms with Crippen molar-refractivity contribution in [2.75, 3.05) is 6.61 Å². The predicted molar refractivity (Wildman–Crippen MR) is 102 cm³/mol. The highest BCUT2D eigenvalue weighted by atomic mass is 16.5. The maximum absolute atomic E-state index is 11.9. The van der Waals surface area contributed by atoms with Crippen molar-refractivity contribution in [3.63, 3.8) is 0 Å². The summed E-state index contributed by atoms with van der Waals surface area (Å²) in [7, 11) is 0. The molecule has 0 bridgehead atoms. The molecule has 2 rings (SSSR count). The lowest BCUT2D eigenvalue weighted by atomic mass is 9.91. The Morgan fingerprint density at radius 3 is 2.15 bits per heavy atom. The molecule has 0 spiro atoms. The fourth-order valence-corrected chi connectivity index (χ4v) is 2.25. The first-order valence-electron chi connectivity index (χ1n) is 8.96. The lowest BCUT2D eigenvalue weighted by Crippen LogP contribution is -2.26. The molecule has 0 aliphatic carbocycles. The normalized spacial score (nSPS) is 11.0. The lowest BCUT2D eigenvalue weighted by Gasteiger charge is -2.20. The molecule has 0 atom stereocenters. The Balaban J connectivity index is 1.75. The van der Waals surface area contributed by atoms with Gasteiger partial charge in [0.2, 0.25) is 0 Å². The van der Waals surface area contributed by atoms with Crippen molar-refractivity contribution in [3.8, 4) is 16.9 Å². The quantitative estimate of drug-likeness (QED) is 0.379. The molecule has 0 aromatic heterocycles. The minimum atomic E-state index is -0.485. The van der Waals surface area contributed by atoms with Gasteiger partial charge in [0, 0.05) is 6.42 Å². The molecule has 26 heavy (non-hydrogen) atoms. The zero-order valence-corrected chi connectivity index (χ0v) is 15.7. The first kappa shape index (κ1) is 19.7. The van der Waals surface area contributed by atoms with Gasteiger partial charge < -0.3 is 9.47 Å². The molecule has 0 saturated heterocycles. The van der Waals surface area contributed by atoms with Crippen molar-refractivity contribution in [1.82, 2.24) is 0 Å². The number of hydrogen-bond donors (Lipinski definition) is 0. The Labute approximate surface area is 155 Å². The summed E-state index contributed by atoms with van der Waals surface area (Å²) in [5.41, 5.74) is 1.69. The van der Waals surface area contributed by atoms with Crippen molar-refractivity contribution in [2.24, 2.45) is 5.41 Å². The lowest BCUT2D eigenvalue weighted by molar-refractivity contribution is -0.154. The van der Waals surface area contributed by atoms with Gasteiger partial charge in [-0.3, -0.25) is 9.59 Å². The molecular weight excluding hydrogens is 328 g/mol. The molecule has 0 fully saturated rings. The average molecular weight is 354 g/mol. The summed E-state index contributed by atoms with van der Waals surface area (Å²) >= 11 is 0. The van der Waals surface area contributed by atoms with Gasteiger partial charge in [0.05, 0.1) is 12.0 Å². The van der Waals surface area contributed by atoms with E-state index in [0.717, 1.165) is 11.1 Å². The highest BCUT2D eigenvalue weighted by Gasteiger charge is 2.26. The van der Waals surface area contributed by atoms with Gasteiger partial charge >= 0.3 is 11.9 Å². The summed E-state index contributed by atoms with van der Waals surface area (Å²) in [5, 5.41) is 0. The van der Waals surface area contributed by atoms with Gasteiger partial charge in [0.15, 0.2) is 0 Å². The third kappa shape index (κ3) is 5.73. The maximum Gasteiger partial charge on any atom is 0.311 e.